The van der Waals surface area contributed by atoms with E-state index < -0.39 is 23.8 Å². The lowest BCUT2D eigenvalue weighted by molar-refractivity contribution is -0.152. The largest absolute Gasteiger partial charge is 0.392 e. The van der Waals surface area contributed by atoms with Crippen molar-refractivity contribution in [1.29, 1.82) is 0 Å². The highest BCUT2D eigenvalue weighted by atomic mass is 16.3. The van der Waals surface area contributed by atoms with Crippen molar-refractivity contribution in [3.8, 4) is 0 Å². The summed E-state index contributed by atoms with van der Waals surface area (Å²) in [5, 5.41) is 17.5. The monoisotopic (exact) mass is 146 g/mol. The quantitative estimate of drug-likeness (QED) is 0.495. The Morgan fingerprint density at radius 2 is 1.60 bits per heavy atom. The molecule has 0 amide bonds. The van der Waals surface area contributed by atoms with Crippen LogP contribution in [-0.4, -0.2) is 34.0 Å². The molecule has 0 aromatic rings. The number of carbonyl (C=O) groups excluding carboxylic acids is 2. The van der Waals surface area contributed by atoms with Gasteiger partial charge in [-0.25, -0.2) is 0 Å². The first-order valence-electron chi connectivity index (χ1n) is 2.80. The molecule has 0 heterocycles. The van der Waals surface area contributed by atoms with Crippen molar-refractivity contribution in [1.82, 2.24) is 0 Å². The van der Waals surface area contributed by atoms with E-state index in [0.717, 1.165) is 13.8 Å². The molecule has 58 valence electrons. The van der Waals surface area contributed by atoms with Crippen LogP contribution < -0.4 is 0 Å². The summed E-state index contributed by atoms with van der Waals surface area (Å²) in [6.45, 7) is 1.26. The molecular weight excluding hydrogens is 136 g/mol. The predicted molar refractivity (Wildman–Crippen MR) is 33.4 cm³/mol. The zero-order chi connectivity index (χ0) is 8.36. The van der Waals surface area contributed by atoms with Crippen molar-refractivity contribution in [2.75, 3.05) is 6.61 Å². The number of aliphatic hydroxyl groups is 2. The molecule has 0 fully saturated rings. The second-order valence-corrected chi connectivity index (χ2v) is 2.13. The molecule has 0 aliphatic heterocycles. The van der Waals surface area contributed by atoms with E-state index in [0.29, 0.717) is 0 Å². The number of Topliss-reactive ketones (excluding diaryl/α,β-unsaturated/α-hetero) is 2. The molecule has 0 radical (unpaired) electrons. The minimum atomic E-state index is -2.18. The van der Waals surface area contributed by atoms with Gasteiger partial charge < -0.3 is 10.2 Å². The molecule has 0 aromatic carbocycles. The molecule has 0 aliphatic rings. The molecule has 0 saturated heterocycles. The van der Waals surface area contributed by atoms with Crippen molar-refractivity contribution in [3.05, 3.63) is 0 Å². The zero-order valence-electron chi connectivity index (χ0n) is 5.92. The standard InChI is InChI=1S/C6H10O4/c1-4(8)6(10,3-7)5(2)9/h7,10H,3H2,1-2H3. The number of ketones is 2. The lowest BCUT2D eigenvalue weighted by atomic mass is 9.96. The molecule has 0 saturated carbocycles. The van der Waals surface area contributed by atoms with Crippen LogP contribution in [0.15, 0.2) is 0 Å². The molecular formula is C6H10O4. The smallest absolute Gasteiger partial charge is 0.203 e. The summed E-state index contributed by atoms with van der Waals surface area (Å²) in [4.78, 5) is 21.0. The fraction of sp³-hybridized carbons (Fsp3) is 0.667. The number of aliphatic hydroxyl groups excluding tert-OH is 1. The highest BCUT2D eigenvalue weighted by Crippen LogP contribution is 2.05. The van der Waals surface area contributed by atoms with Gasteiger partial charge in [0.1, 0.15) is 0 Å². The minimum absolute atomic E-state index is 0.734. The van der Waals surface area contributed by atoms with Gasteiger partial charge in [0.25, 0.3) is 0 Å². The number of rotatable bonds is 3. The molecule has 0 bridgehead atoms. The van der Waals surface area contributed by atoms with Gasteiger partial charge in [0.15, 0.2) is 11.6 Å². The molecule has 0 atom stereocenters. The Balaban J connectivity index is 4.55. The van der Waals surface area contributed by atoms with E-state index in [1.807, 2.05) is 0 Å². The molecule has 0 rings (SSSR count). The van der Waals surface area contributed by atoms with Gasteiger partial charge in [-0.15, -0.1) is 0 Å². The van der Waals surface area contributed by atoms with Gasteiger partial charge in [0.05, 0.1) is 6.61 Å². The molecule has 10 heavy (non-hydrogen) atoms. The molecule has 0 spiro atoms. The SMILES string of the molecule is CC(=O)C(O)(CO)C(C)=O. The van der Waals surface area contributed by atoms with Crippen molar-refractivity contribution < 1.29 is 19.8 Å². The summed E-state index contributed by atoms with van der Waals surface area (Å²) in [6.07, 6.45) is 0. The van der Waals surface area contributed by atoms with E-state index in [-0.39, 0.29) is 0 Å². The van der Waals surface area contributed by atoms with Gasteiger partial charge in [-0.2, -0.15) is 0 Å². The van der Waals surface area contributed by atoms with Gasteiger partial charge in [-0.05, 0) is 13.8 Å². The van der Waals surface area contributed by atoms with E-state index in [4.69, 9.17) is 10.2 Å². The third-order valence-corrected chi connectivity index (χ3v) is 1.39. The second kappa shape index (κ2) is 2.90. The Bertz CT molecular complexity index is 147. The van der Waals surface area contributed by atoms with Crippen molar-refractivity contribution >= 4 is 11.6 Å². The topological polar surface area (TPSA) is 74.6 Å². The summed E-state index contributed by atoms with van der Waals surface area (Å²) in [6, 6.07) is 0. The van der Waals surface area contributed by atoms with Crippen LogP contribution in [0.4, 0.5) is 0 Å². The Morgan fingerprint density at radius 3 is 1.60 bits per heavy atom. The van der Waals surface area contributed by atoms with E-state index in [9.17, 15) is 9.59 Å². The Hall–Kier alpha value is -0.740. The van der Waals surface area contributed by atoms with Crippen LogP contribution >= 0.6 is 0 Å². The van der Waals surface area contributed by atoms with E-state index in [1.54, 1.807) is 0 Å². The van der Waals surface area contributed by atoms with E-state index >= 15 is 0 Å². The van der Waals surface area contributed by atoms with E-state index in [2.05, 4.69) is 0 Å². The Morgan fingerprint density at radius 1 is 1.30 bits per heavy atom. The fourth-order valence-electron chi connectivity index (χ4n) is 0.471. The number of hydrogen-bond acceptors (Lipinski definition) is 4. The van der Waals surface area contributed by atoms with Crippen molar-refractivity contribution in [3.63, 3.8) is 0 Å². The average Bonchev–Trinajstić information content (AvgIpc) is 1.85. The second-order valence-electron chi connectivity index (χ2n) is 2.13. The van der Waals surface area contributed by atoms with Gasteiger partial charge in [0.2, 0.25) is 5.60 Å². The van der Waals surface area contributed by atoms with Crippen LogP contribution in [0.25, 0.3) is 0 Å². The molecule has 0 unspecified atom stereocenters. The maximum atomic E-state index is 10.5. The maximum Gasteiger partial charge on any atom is 0.203 e. The minimum Gasteiger partial charge on any atom is -0.392 e. The first kappa shape index (κ1) is 9.26. The van der Waals surface area contributed by atoms with Gasteiger partial charge in [0, 0.05) is 0 Å². The molecule has 2 N–H and O–H groups in total. The third-order valence-electron chi connectivity index (χ3n) is 1.39. The molecule has 4 nitrogen and oxygen atoms in total. The predicted octanol–water partition coefficient (Wildman–Crippen LogP) is -1.11. The molecule has 0 aromatic heterocycles. The van der Waals surface area contributed by atoms with Crippen LogP contribution in [-0.2, 0) is 9.59 Å². The fourth-order valence-corrected chi connectivity index (χ4v) is 0.471. The third kappa shape index (κ3) is 1.40. The van der Waals surface area contributed by atoms with Crippen LogP contribution in [0.1, 0.15) is 13.8 Å². The van der Waals surface area contributed by atoms with Crippen LogP contribution in [0.3, 0.4) is 0 Å². The number of hydrogen-bond donors (Lipinski definition) is 2. The Kier molecular flexibility index (Phi) is 2.68. The van der Waals surface area contributed by atoms with Crippen molar-refractivity contribution in [2.45, 2.75) is 19.4 Å². The Labute approximate surface area is 58.5 Å². The maximum absolute atomic E-state index is 10.5. The van der Waals surface area contributed by atoms with Crippen LogP contribution in [0.5, 0.6) is 0 Å². The summed E-state index contributed by atoms with van der Waals surface area (Å²) in [5.74, 6) is -1.47. The highest BCUT2D eigenvalue weighted by Gasteiger charge is 2.36. The number of carbonyl (C=O) groups is 2. The van der Waals surface area contributed by atoms with Gasteiger partial charge in [-0.1, -0.05) is 0 Å². The first-order chi connectivity index (χ1) is 4.45. The highest BCUT2D eigenvalue weighted by molar-refractivity contribution is 6.08. The summed E-state index contributed by atoms with van der Waals surface area (Å²) in [5.41, 5.74) is -2.18. The van der Waals surface area contributed by atoms with Gasteiger partial charge >= 0.3 is 0 Å². The lowest BCUT2D eigenvalue weighted by Crippen LogP contribution is -2.47. The van der Waals surface area contributed by atoms with Crippen molar-refractivity contribution in [2.24, 2.45) is 0 Å². The van der Waals surface area contributed by atoms with E-state index in [1.165, 1.54) is 0 Å². The summed E-state index contributed by atoms with van der Waals surface area (Å²) >= 11 is 0. The summed E-state index contributed by atoms with van der Waals surface area (Å²) < 4.78 is 0. The molecule has 0 aliphatic carbocycles. The van der Waals surface area contributed by atoms with Crippen LogP contribution in [0, 0.1) is 0 Å². The zero-order valence-corrected chi connectivity index (χ0v) is 5.92. The first-order valence-corrected chi connectivity index (χ1v) is 2.80. The van der Waals surface area contributed by atoms with Crippen LogP contribution in [0.2, 0.25) is 0 Å². The molecule has 4 heteroatoms. The van der Waals surface area contributed by atoms with Gasteiger partial charge in [-0.3, -0.25) is 9.59 Å². The summed E-state index contributed by atoms with van der Waals surface area (Å²) in [7, 11) is 0. The lowest BCUT2D eigenvalue weighted by Gasteiger charge is -2.17. The normalized spacial score (nSPS) is 11.2. The average molecular weight is 146 g/mol.